The fourth-order valence-corrected chi connectivity index (χ4v) is 3.23. The third-order valence-corrected chi connectivity index (χ3v) is 4.67. The minimum absolute atomic E-state index is 0.0780. The number of carbonyl (C=O) groups is 1. The highest BCUT2D eigenvalue weighted by molar-refractivity contribution is 7.09. The van der Waals surface area contributed by atoms with Crippen molar-refractivity contribution in [2.24, 2.45) is 0 Å². The van der Waals surface area contributed by atoms with E-state index in [9.17, 15) is 4.79 Å². The number of nitrogens with one attached hydrogen (secondary N) is 1. The smallest absolute Gasteiger partial charge is 0.253 e. The summed E-state index contributed by atoms with van der Waals surface area (Å²) in [6.07, 6.45) is 2.62. The minimum Gasteiger partial charge on any atom is -0.352 e. The van der Waals surface area contributed by atoms with Gasteiger partial charge in [-0.1, -0.05) is 6.07 Å². The monoisotopic (exact) mass is 328 g/mol. The molecule has 0 fully saturated rings. The first-order chi connectivity index (χ1) is 11.1. The Bertz CT molecular complexity index is 821. The lowest BCUT2D eigenvalue weighted by atomic mass is 10.1. The van der Waals surface area contributed by atoms with Crippen molar-refractivity contribution in [3.8, 4) is 0 Å². The predicted molar refractivity (Wildman–Crippen MR) is 93.0 cm³/mol. The van der Waals surface area contributed by atoms with Crippen molar-refractivity contribution in [1.82, 2.24) is 20.1 Å². The number of thiophene rings is 1. The van der Waals surface area contributed by atoms with Crippen molar-refractivity contribution < 1.29 is 4.79 Å². The summed E-state index contributed by atoms with van der Waals surface area (Å²) < 4.78 is 1.88. The average molecular weight is 328 g/mol. The van der Waals surface area contributed by atoms with Crippen LogP contribution in [-0.4, -0.2) is 27.2 Å². The zero-order valence-electron chi connectivity index (χ0n) is 13.5. The van der Waals surface area contributed by atoms with Crippen LogP contribution in [0.2, 0.25) is 0 Å². The quantitative estimate of drug-likeness (QED) is 0.781. The molecule has 0 saturated heterocycles. The normalized spacial score (nSPS) is 11.3. The van der Waals surface area contributed by atoms with Gasteiger partial charge < -0.3 is 5.32 Å². The zero-order chi connectivity index (χ0) is 16.4. The molecule has 0 spiro atoms. The second-order valence-corrected chi connectivity index (χ2v) is 6.83. The molecule has 0 aliphatic heterocycles. The van der Waals surface area contributed by atoms with Gasteiger partial charge >= 0.3 is 0 Å². The molecule has 23 heavy (non-hydrogen) atoms. The maximum absolute atomic E-state index is 12.4. The molecule has 0 bridgehead atoms. The number of rotatable bonds is 5. The van der Waals surface area contributed by atoms with Crippen LogP contribution in [0.15, 0.2) is 29.8 Å². The highest BCUT2D eigenvalue weighted by Crippen LogP contribution is 2.19. The van der Waals surface area contributed by atoms with Gasteiger partial charge in [-0.3, -0.25) is 4.79 Å². The van der Waals surface area contributed by atoms with E-state index in [1.54, 1.807) is 17.5 Å². The molecule has 120 valence electrons. The van der Waals surface area contributed by atoms with E-state index in [4.69, 9.17) is 0 Å². The molecule has 0 saturated carbocycles. The molecule has 3 heterocycles. The van der Waals surface area contributed by atoms with E-state index in [0.717, 1.165) is 23.1 Å². The number of fused-ring (bicyclic) bond motifs is 1. The SMILES string of the molecule is Cc1nc2c(cnn2C(C)C)cc1C(=O)NCCc1cccs1. The van der Waals surface area contributed by atoms with Gasteiger partial charge in [-0.05, 0) is 44.7 Å². The second kappa shape index (κ2) is 6.50. The molecule has 3 aromatic rings. The van der Waals surface area contributed by atoms with Gasteiger partial charge in [-0.25, -0.2) is 9.67 Å². The summed E-state index contributed by atoms with van der Waals surface area (Å²) in [6.45, 7) is 6.62. The lowest BCUT2D eigenvalue weighted by Crippen LogP contribution is -2.26. The van der Waals surface area contributed by atoms with Crippen molar-refractivity contribution in [1.29, 1.82) is 0 Å². The van der Waals surface area contributed by atoms with Gasteiger partial charge in [0.15, 0.2) is 5.65 Å². The van der Waals surface area contributed by atoms with Crippen LogP contribution in [0.3, 0.4) is 0 Å². The predicted octanol–water partition coefficient (Wildman–Crippen LogP) is 3.35. The van der Waals surface area contributed by atoms with Crippen molar-refractivity contribution in [2.45, 2.75) is 33.2 Å². The van der Waals surface area contributed by atoms with Gasteiger partial charge in [-0.2, -0.15) is 5.10 Å². The van der Waals surface area contributed by atoms with E-state index < -0.39 is 0 Å². The van der Waals surface area contributed by atoms with Gasteiger partial charge in [0, 0.05) is 22.8 Å². The van der Waals surface area contributed by atoms with Crippen LogP contribution in [-0.2, 0) is 6.42 Å². The molecule has 5 nitrogen and oxygen atoms in total. The average Bonchev–Trinajstić information content (AvgIpc) is 3.15. The van der Waals surface area contributed by atoms with Crippen LogP contribution in [0, 0.1) is 6.92 Å². The highest BCUT2D eigenvalue weighted by atomic mass is 32.1. The molecule has 0 aliphatic carbocycles. The molecule has 3 aromatic heterocycles. The lowest BCUT2D eigenvalue weighted by Gasteiger charge is -2.09. The third-order valence-electron chi connectivity index (χ3n) is 3.73. The number of aryl methyl sites for hydroxylation is 1. The fourth-order valence-electron chi connectivity index (χ4n) is 2.52. The fraction of sp³-hybridized carbons (Fsp3) is 0.353. The van der Waals surface area contributed by atoms with Gasteiger partial charge in [0.25, 0.3) is 5.91 Å². The van der Waals surface area contributed by atoms with Crippen LogP contribution in [0.25, 0.3) is 11.0 Å². The van der Waals surface area contributed by atoms with Crippen LogP contribution in [0.4, 0.5) is 0 Å². The number of nitrogens with zero attached hydrogens (tertiary/aromatic N) is 3. The van der Waals surface area contributed by atoms with Gasteiger partial charge in [0.05, 0.1) is 17.5 Å². The first-order valence-corrected chi connectivity index (χ1v) is 8.59. The molecule has 0 aliphatic rings. The molecule has 0 unspecified atom stereocenters. The topological polar surface area (TPSA) is 59.8 Å². The molecule has 0 radical (unpaired) electrons. The van der Waals surface area contributed by atoms with E-state index in [0.29, 0.717) is 12.1 Å². The number of amides is 1. The molecule has 1 amide bonds. The third kappa shape index (κ3) is 3.27. The Kier molecular flexibility index (Phi) is 4.43. The molecule has 0 aromatic carbocycles. The summed E-state index contributed by atoms with van der Waals surface area (Å²) in [5.41, 5.74) is 2.17. The second-order valence-electron chi connectivity index (χ2n) is 5.80. The Morgan fingerprint density at radius 3 is 2.96 bits per heavy atom. The maximum Gasteiger partial charge on any atom is 0.253 e. The number of hydrogen-bond acceptors (Lipinski definition) is 4. The molecule has 3 rings (SSSR count). The summed E-state index contributed by atoms with van der Waals surface area (Å²) in [5, 5.41) is 10.3. The van der Waals surface area contributed by atoms with Crippen molar-refractivity contribution in [3.63, 3.8) is 0 Å². The largest absolute Gasteiger partial charge is 0.352 e. The Hall–Kier alpha value is -2.21. The van der Waals surface area contributed by atoms with Gasteiger partial charge in [0.1, 0.15) is 0 Å². The lowest BCUT2D eigenvalue weighted by molar-refractivity contribution is 0.0953. The van der Waals surface area contributed by atoms with E-state index in [2.05, 4.69) is 35.3 Å². The molecule has 6 heteroatoms. The molecule has 1 N–H and O–H groups in total. The van der Waals surface area contributed by atoms with Gasteiger partial charge in [-0.15, -0.1) is 11.3 Å². The van der Waals surface area contributed by atoms with E-state index >= 15 is 0 Å². The Morgan fingerprint density at radius 2 is 2.26 bits per heavy atom. The summed E-state index contributed by atoms with van der Waals surface area (Å²) in [4.78, 5) is 18.3. The summed E-state index contributed by atoms with van der Waals surface area (Å²) in [5.74, 6) is -0.0780. The first kappa shape index (κ1) is 15.7. The zero-order valence-corrected chi connectivity index (χ0v) is 14.4. The summed E-state index contributed by atoms with van der Waals surface area (Å²) in [7, 11) is 0. The van der Waals surface area contributed by atoms with Crippen molar-refractivity contribution in [3.05, 3.63) is 45.9 Å². The minimum atomic E-state index is -0.0780. The highest BCUT2D eigenvalue weighted by Gasteiger charge is 2.15. The van der Waals surface area contributed by atoms with Crippen LogP contribution in [0.1, 0.15) is 40.8 Å². The van der Waals surface area contributed by atoms with E-state index in [1.165, 1.54) is 4.88 Å². The van der Waals surface area contributed by atoms with Crippen molar-refractivity contribution in [2.75, 3.05) is 6.54 Å². The Balaban J connectivity index is 1.76. The number of pyridine rings is 1. The Labute approximate surface area is 139 Å². The molecule has 0 atom stereocenters. The standard InChI is InChI=1S/C17H20N4OS/c1-11(2)21-16-13(10-19-21)9-15(12(3)20-16)17(22)18-7-6-14-5-4-8-23-14/h4-5,8-11H,6-7H2,1-3H3,(H,18,22). The summed E-state index contributed by atoms with van der Waals surface area (Å²) >= 11 is 1.71. The molecular formula is C17H20N4OS. The number of carbonyl (C=O) groups excluding carboxylic acids is 1. The van der Waals surface area contributed by atoms with Crippen LogP contribution in [0.5, 0.6) is 0 Å². The first-order valence-electron chi connectivity index (χ1n) is 7.71. The van der Waals surface area contributed by atoms with E-state index in [-0.39, 0.29) is 11.9 Å². The van der Waals surface area contributed by atoms with Gasteiger partial charge in [0.2, 0.25) is 0 Å². The molecular weight excluding hydrogens is 308 g/mol. The number of hydrogen-bond donors (Lipinski definition) is 1. The van der Waals surface area contributed by atoms with E-state index in [1.807, 2.05) is 29.1 Å². The number of aromatic nitrogens is 3. The van der Waals surface area contributed by atoms with Crippen LogP contribution >= 0.6 is 11.3 Å². The van der Waals surface area contributed by atoms with Crippen molar-refractivity contribution >= 4 is 28.3 Å². The van der Waals surface area contributed by atoms with Crippen LogP contribution < -0.4 is 5.32 Å². The summed E-state index contributed by atoms with van der Waals surface area (Å²) in [6, 6.07) is 6.22. The Morgan fingerprint density at radius 1 is 1.43 bits per heavy atom. The maximum atomic E-state index is 12.4.